The Morgan fingerprint density at radius 3 is 2.48 bits per heavy atom. The first-order valence-corrected chi connectivity index (χ1v) is 8.33. The molecule has 0 N–H and O–H groups in total. The molecule has 5 nitrogen and oxygen atoms in total. The third-order valence-electron chi connectivity index (χ3n) is 4.21. The molecule has 0 amide bonds. The molecule has 1 aliphatic rings. The van der Waals surface area contributed by atoms with Crippen molar-refractivity contribution in [3.05, 3.63) is 41.2 Å². The summed E-state index contributed by atoms with van der Waals surface area (Å²) in [6, 6.07) is 7.27. The van der Waals surface area contributed by atoms with E-state index < -0.39 is 0 Å². The topological polar surface area (TPSA) is 29.2 Å². The summed E-state index contributed by atoms with van der Waals surface area (Å²) in [7, 11) is 0. The number of anilines is 1. The number of para-hydroxylation sites is 1. The average Bonchev–Trinajstić information content (AvgIpc) is 2.90. The van der Waals surface area contributed by atoms with Crippen molar-refractivity contribution in [2.24, 2.45) is 0 Å². The van der Waals surface area contributed by atoms with Crippen molar-refractivity contribution >= 4 is 17.9 Å². The van der Waals surface area contributed by atoms with Crippen LogP contribution in [0, 0.1) is 10.6 Å². The van der Waals surface area contributed by atoms with E-state index in [0.717, 1.165) is 31.0 Å². The molecule has 3 rings (SSSR count). The molecule has 0 spiro atoms. The fourth-order valence-corrected chi connectivity index (χ4v) is 3.19. The highest BCUT2D eigenvalue weighted by atomic mass is 32.1. The predicted molar refractivity (Wildman–Crippen MR) is 91.6 cm³/mol. The number of hydrogen-bond donors (Lipinski definition) is 0. The lowest BCUT2D eigenvalue weighted by Crippen LogP contribution is -2.47. The van der Waals surface area contributed by atoms with Gasteiger partial charge < -0.3 is 9.47 Å². The second-order valence-electron chi connectivity index (χ2n) is 6.11. The molecule has 1 aromatic heterocycles. The SMILES string of the molecule is CC(C)n1cnn(CN2CCN(c3ccccc3F)CC2)c1=S. The zero-order valence-corrected chi connectivity index (χ0v) is 14.3. The van der Waals surface area contributed by atoms with Crippen molar-refractivity contribution in [2.45, 2.75) is 26.6 Å². The van der Waals surface area contributed by atoms with Gasteiger partial charge in [-0.05, 0) is 38.2 Å². The molecule has 124 valence electrons. The molecule has 0 radical (unpaired) electrons. The standard InChI is InChI=1S/C16H22FN5S/c1-13(2)21-11-18-22(16(21)23)12-19-7-9-20(10-8-19)15-6-4-3-5-14(15)17/h3-6,11,13H,7-10,12H2,1-2H3. The highest BCUT2D eigenvalue weighted by Gasteiger charge is 2.20. The van der Waals surface area contributed by atoms with Crippen LogP contribution in [-0.2, 0) is 6.67 Å². The zero-order chi connectivity index (χ0) is 16.4. The normalized spacial score (nSPS) is 16.3. The maximum atomic E-state index is 13.9. The van der Waals surface area contributed by atoms with E-state index in [1.165, 1.54) is 6.07 Å². The van der Waals surface area contributed by atoms with Gasteiger partial charge in [0.25, 0.3) is 0 Å². The molecular weight excluding hydrogens is 313 g/mol. The minimum Gasteiger partial charge on any atom is -0.367 e. The van der Waals surface area contributed by atoms with Crippen LogP contribution in [0.1, 0.15) is 19.9 Å². The minimum absolute atomic E-state index is 0.154. The molecule has 7 heteroatoms. The summed E-state index contributed by atoms with van der Waals surface area (Å²) < 4.78 is 18.5. The summed E-state index contributed by atoms with van der Waals surface area (Å²) in [5, 5.41) is 4.38. The van der Waals surface area contributed by atoms with Gasteiger partial charge in [-0.15, -0.1) is 0 Å². The number of hydrogen-bond acceptors (Lipinski definition) is 4. The van der Waals surface area contributed by atoms with Crippen molar-refractivity contribution < 1.29 is 4.39 Å². The van der Waals surface area contributed by atoms with E-state index in [-0.39, 0.29) is 5.82 Å². The Morgan fingerprint density at radius 1 is 1.17 bits per heavy atom. The molecule has 0 aliphatic carbocycles. The summed E-state index contributed by atoms with van der Waals surface area (Å²) in [6.45, 7) is 8.21. The van der Waals surface area contributed by atoms with Gasteiger partial charge in [-0.25, -0.2) is 9.07 Å². The Bertz CT molecular complexity index is 715. The van der Waals surface area contributed by atoms with Gasteiger partial charge in [0.1, 0.15) is 12.1 Å². The number of aromatic nitrogens is 3. The van der Waals surface area contributed by atoms with E-state index in [9.17, 15) is 4.39 Å². The van der Waals surface area contributed by atoms with Crippen molar-refractivity contribution in [1.82, 2.24) is 19.2 Å². The van der Waals surface area contributed by atoms with Crippen LogP contribution >= 0.6 is 12.2 Å². The largest absolute Gasteiger partial charge is 0.367 e. The fraction of sp³-hybridized carbons (Fsp3) is 0.500. The van der Waals surface area contributed by atoms with Gasteiger partial charge >= 0.3 is 0 Å². The van der Waals surface area contributed by atoms with Gasteiger partial charge in [0.15, 0.2) is 4.77 Å². The quantitative estimate of drug-likeness (QED) is 0.804. The Labute approximate surface area is 140 Å². The van der Waals surface area contributed by atoms with Crippen LogP contribution in [0.4, 0.5) is 10.1 Å². The molecule has 0 bridgehead atoms. The lowest BCUT2D eigenvalue weighted by atomic mass is 10.2. The molecule has 1 aromatic carbocycles. The fourth-order valence-electron chi connectivity index (χ4n) is 2.83. The van der Waals surface area contributed by atoms with Crippen molar-refractivity contribution in [1.29, 1.82) is 0 Å². The van der Waals surface area contributed by atoms with E-state index >= 15 is 0 Å². The predicted octanol–water partition coefficient (Wildman–Crippen LogP) is 2.91. The molecule has 0 saturated carbocycles. The second kappa shape index (κ2) is 6.80. The van der Waals surface area contributed by atoms with Crippen LogP contribution < -0.4 is 4.90 Å². The van der Waals surface area contributed by atoms with E-state index in [1.54, 1.807) is 12.4 Å². The Hall–Kier alpha value is -1.73. The van der Waals surface area contributed by atoms with Crippen LogP contribution in [0.25, 0.3) is 0 Å². The highest BCUT2D eigenvalue weighted by Crippen LogP contribution is 2.20. The first-order chi connectivity index (χ1) is 11.1. The molecule has 2 heterocycles. The van der Waals surface area contributed by atoms with Crippen LogP contribution in [-0.4, -0.2) is 45.4 Å². The average molecular weight is 335 g/mol. The van der Waals surface area contributed by atoms with E-state index in [2.05, 4.69) is 28.7 Å². The molecule has 1 aliphatic heterocycles. The maximum absolute atomic E-state index is 13.9. The highest BCUT2D eigenvalue weighted by molar-refractivity contribution is 7.71. The van der Waals surface area contributed by atoms with E-state index in [0.29, 0.717) is 18.4 Å². The van der Waals surface area contributed by atoms with Gasteiger partial charge in [0, 0.05) is 32.2 Å². The lowest BCUT2D eigenvalue weighted by Gasteiger charge is -2.35. The van der Waals surface area contributed by atoms with Crippen LogP contribution in [0.5, 0.6) is 0 Å². The van der Waals surface area contributed by atoms with Gasteiger partial charge in [-0.2, -0.15) is 5.10 Å². The molecular formula is C16H22FN5S. The van der Waals surface area contributed by atoms with Gasteiger partial charge in [-0.1, -0.05) is 12.1 Å². The van der Waals surface area contributed by atoms with Gasteiger partial charge in [0.05, 0.1) is 12.4 Å². The third kappa shape index (κ3) is 3.45. The summed E-state index contributed by atoms with van der Waals surface area (Å²) in [4.78, 5) is 4.39. The van der Waals surface area contributed by atoms with Crippen LogP contribution in [0.15, 0.2) is 30.6 Å². The molecule has 1 saturated heterocycles. The number of nitrogens with zero attached hydrogens (tertiary/aromatic N) is 5. The van der Waals surface area contributed by atoms with Crippen molar-refractivity contribution in [3.8, 4) is 0 Å². The Kier molecular flexibility index (Phi) is 4.77. The number of piperazine rings is 1. The molecule has 1 fully saturated rings. The maximum Gasteiger partial charge on any atom is 0.199 e. The summed E-state index contributed by atoms with van der Waals surface area (Å²) in [6.07, 6.45) is 1.79. The molecule has 23 heavy (non-hydrogen) atoms. The Balaban J connectivity index is 1.62. The van der Waals surface area contributed by atoms with Gasteiger partial charge in [0.2, 0.25) is 0 Å². The second-order valence-corrected chi connectivity index (χ2v) is 6.48. The summed E-state index contributed by atoms with van der Waals surface area (Å²) in [5.74, 6) is -0.154. The lowest BCUT2D eigenvalue weighted by molar-refractivity contribution is 0.193. The molecule has 2 aromatic rings. The smallest absolute Gasteiger partial charge is 0.199 e. The van der Waals surface area contributed by atoms with Crippen LogP contribution in [0.2, 0.25) is 0 Å². The monoisotopic (exact) mass is 335 g/mol. The minimum atomic E-state index is -0.154. The van der Waals surface area contributed by atoms with E-state index in [4.69, 9.17) is 12.2 Å². The molecule has 0 unspecified atom stereocenters. The van der Waals surface area contributed by atoms with Crippen molar-refractivity contribution in [3.63, 3.8) is 0 Å². The summed E-state index contributed by atoms with van der Waals surface area (Å²) in [5.41, 5.74) is 0.688. The molecule has 0 atom stereocenters. The first-order valence-electron chi connectivity index (χ1n) is 7.92. The zero-order valence-electron chi connectivity index (χ0n) is 13.5. The van der Waals surface area contributed by atoms with E-state index in [1.807, 2.05) is 21.4 Å². The third-order valence-corrected chi connectivity index (χ3v) is 4.63. The number of rotatable bonds is 4. The van der Waals surface area contributed by atoms with Gasteiger partial charge in [-0.3, -0.25) is 4.90 Å². The van der Waals surface area contributed by atoms with Crippen molar-refractivity contribution in [2.75, 3.05) is 31.1 Å². The first kappa shape index (κ1) is 16.1. The Morgan fingerprint density at radius 2 is 1.87 bits per heavy atom. The number of benzene rings is 1. The number of halogens is 1. The van der Waals surface area contributed by atoms with Crippen LogP contribution in [0.3, 0.4) is 0 Å². The summed E-state index contributed by atoms with van der Waals surface area (Å²) >= 11 is 5.46.